The van der Waals surface area contributed by atoms with Crippen LogP contribution in [-0.2, 0) is 17.8 Å². The van der Waals surface area contributed by atoms with Gasteiger partial charge in [-0.05, 0) is 56.3 Å². The van der Waals surface area contributed by atoms with Crippen molar-refractivity contribution in [1.29, 1.82) is 0 Å². The number of hydrogen-bond donors (Lipinski definition) is 1. The molecule has 0 spiro atoms. The Balaban J connectivity index is 0.00000338. The van der Waals surface area contributed by atoms with Crippen molar-refractivity contribution >= 4 is 41.6 Å². The molecule has 2 aromatic carbocycles. The highest BCUT2D eigenvalue weighted by atomic mass is 35.5. The lowest BCUT2D eigenvalue weighted by atomic mass is 10.1. The van der Waals surface area contributed by atoms with Crippen LogP contribution in [0.1, 0.15) is 18.1 Å². The van der Waals surface area contributed by atoms with E-state index in [0.717, 1.165) is 23.3 Å². The van der Waals surface area contributed by atoms with E-state index in [0.29, 0.717) is 16.7 Å². The smallest absolute Gasteiger partial charge is 0.317 e. The van der Waals surface area contributed by atoms with Crippen LogP contribution in [0.5, 0.6) is 5.75 Å². The van der Waals surface area contributed by atoms with Crippen LogP contribution in [0.4, 0.5) is 0 Å². The highest BCUT2D eigenvalue weighted by Gasteiger charge is 2.13. The van der Waals surface area contributed by atoms with Gasteiger partial charge >= 0.3 is 5.97 Å². The molecule has 0 radical (unpaired) electrons. The van der Waals surface area contributed by atoms with Crippen molar-refractivity contribution in [2.45, 2.75) is 26.0 Å². The summed E-state index contributed by atoms with van der Waals surface area (Å²) in [7, 11) is 1.81. The van der Waals surface area contributed by atoms with Crippen molar-refractivity contribution in [1.82, 2.24) is 4.90 Å². The molecule has 1 unspecified atom stereocenters. The lowest BCUT2D eigenvalue weighted by Crippen LogP contribution is -2.35. The van der Waals surface area contributed by atoms with Crippen LogP contribution in [0.15, 0.2) is 42.5 Å². The monoisotopic (exact) mass is 417 g/mol. The standard InChI is InChI=1S/C19H21Cl2NO3.ClH/c1-13(22(2)11-19(23)24)9-14-3-6-17(7-4-14)25-12-15-10-16(20)5-8-18(15)21;/h3-8,10,13H,9,11-12H2,1-2H3,(H,23,24);1H. The highest BCUT2D eigenvalue weighted by molar-refractivity contribution is 6.33. The topological polar surface area (TPSA) is 49.8 Å². The van der Waals surface area contributed by atoms with E-state index in [9.17, 15) is 4.79 Å². The third-order valence-electron chi connectivity index (χ3n) is 3.99. The van der Waals surface area contributed by atoms with Gasteiger partial charge in [-0.1, -0.05) is 35.3 Å². The summed E-state index contributed by atoms with van der Waals surface area (Å²) in [5, 5.41) is 10.1. The van der Waals surface area contributed by atoms with Crippen molar-refractivity contribution in [3.05, 3.63) is 63.6 Å². The zero-order valence-electron chi connectivity index (χ0n) is 14.6. The van der Waals surface area contributed by atoms with Crippen LogP contribution in [0.2, 0.25) is 10.0 Å². The number of likely N-dealkylation sites (N-methyl/N-ethyl adjacent to an activating group) is 1. The molecule has 0 fully saturated rings. The Morgan fingerprint density at radius 2 is 1.85 bits per heavy atom. The summed E-state index contributed by atoms with van der Waals surface area (Å²) in [6.07, 6.45) is 0.768. The van der Waals surface area contributed by atoms with Gasteiger partial charge in [0.1, 0.15) is 12.4 Å². The second-order valence-corrected chi connectivity index (χ2v) is 6.87. The van der Waals surface area contributed by atoms with Gasteiger partial charge in [0, 0.05) is 21.7 Å². The summed E-state index contributed by atoms with van der Waals surface area (Å²) in [5.41, 5.74) is 1.96. The maximum atomic E-state index is 10.8. The van der Waals surface area contributed by atoms with Crippen LogP contribution in [-0.4, -0.2) is 35.6 Å². The fraction of sp³-hybridized carbons (Fsp3) is 0.316. The van der Waals surface area contributed by atoms with Gasteiger partial charge in [-0.2, -0.15) is 0 Å². The van der Waals surface area contributed by atoms with E-state index < -0.39 is 5.97 Å². The molecule has 0 aliphatic carbocycles. The van der Waals surface area contributed by atoms with E-state index >= 15 is 0 Å². The average molecular weight is 419 g/mol. The van der Waals surface area contributed by atoms with E-state index in [-0.39, 0.29) is 25.0 Å². The predicted molar refractivity (Wildman–Crippen MR) is 108 cm³/mol. The molecule has 1 atom stereocenters. The van der Waals surface area contributed by atoms with Gasteiger partial charge in [0.15, 0.2) is 0 Å². The Labute approximate surface area is 170 Å². The molecule has 0 amide bonds. The molecular weight excluding hydrogens is 397 g/mol. The molecule has 0 aromatic heterocycles. The lowest BCUT2D eigenvalue weighted by Gasteiger charge is -2.22. The largest absolute Gasteiger partial charge is 0.489 e. The summed E-state index contributed by atoms with van der Waals surface area (Å²) in [6.45, 7) is 2.38. The van der Waals surface area contributed by atoms with Crippen LogP contribution in [0.25, 0.3) is 0 Å². The zero-order valence-corrected chi connectivity index (χ0v) is 16.9. The molecule has 2 rings (SSSR count). The number of carboxylic acid groups (broad SMARTS) is 1. The minimum absolute atomic E-state index is 0. The fourth-order valence-electron chi connectivity index (χ4n) is 2.40. The van der Waals surface area contributed by atoms with Crippen molar-refractivity contribution in [2.24, 2.45) is 0 Å². The first-order valence-electron chi connectivity index (χ1n) is 7.93. The third-order valence-corrected chi connectivity index (χ3v) is 4.60. The molecule has 2 aromatic rings. The van der Waals surface area contributed by atoms with Crippen molar-refractivity contribution in [2.75, 3.05) is 13.6 Å². The summed E-state index contributed by atoms with van der Waals surface area (Å²) >= 11 is 12.1. The van der Waals surface area contributed by atoms with Crippen molar-refractivity contribution < 1.29 is 14.6 Å². The number of nitrogens with zero attached hydrogens (tertiary/aromatic N) is 1. The lowest BCUT2D eigenvalue weighted by molar-refractivity contribution is -0.138. The summed E-state index contributed by atoms with van der Waals surface area (Å²) < 4.78 is 5.76. The van der Waals surface area contributed by atoms with Gasteiger partial charge in [0.05, 0.1) is 6.54 Å². The molecule has 4 nitrogen and oxygen atoms in total. The molecule has 0 saturated carbocycles. The van der Waals surface area contributed by atoms with Gasteiger partial charge in [-0.25, -0.2) is 0 Å². The van der Waals surface area contributed by atoms with Crippen LogP contribution >= 0.6 is 35.6 Å². The Hall–Kier alpha value is -1.46. The fourth-order valence-corrected chi connectivity index (χ4v) is 2.77. The summed E-state index contributed by atoms with van der Waals surface area (Å²) in [6, 6.07) is 13.2. The Morgan fingerprint density at radius 1 is 1.19 bits per heavy atom. The van der Waals surface area contributed by atoms with Crippen LogP contribution < -0.4 is 4.74 Å². The first-order valence-corrected chi connectivity index (χ1v) is 8.68. The SMILES string of the molecule is CC(Cc1ccc(OCc2cc(Cl)ccc2Cl)cc1)N(C)CC(=O)O.Cl. The molecule has 0 saturated heterocycles. The molecular formula is C19H22Cl3NO3. The van der Waals surface area contributed by atoms with Gasteiger partial charge in [0.2, 0.25) is 0 Å². The Kier molecular flexibility index (Phi) is 9.23. The average Bonchev–Trinajstić information content (AvgIpc) is 2.56. The van der Waals surface area contributed by atoms with Crippen LogP contribution in [0.3, 0.4) is 0 Å². The number of carbonyl (C=O) groups is 1. The molecule has 7 heteroatoms. The number of benzene rings is 2. The Morgan fingerprint density at radius 3 is 2.46 bits per heavy atom. The first kappa shape index (κ1) is 22.6. The molecule has 0 aliphatic heterocycles. The maximum Gasteiger partial charge on any atom is 0.317 e. The molecule has 142 valence electrons. The zero-order chi connectivity index (χ0) is 18.4. The molecule has 1 N–H and O–H groups in total. The van der Waals surface area contributed by atoms with Crippen molar-refractivity contribution in [3.8, 4) is 5.75 Å². The van der Waals surface area contributed by atoms with Gasteiger partial charge < -0.3 is 9.84 Å². The molecule has 0 bridgehead atoms. The number of aliphatic carboxylic acids is 1. The van der Waals surface area contributed by atoms with Gasteiger partial charge in [0.25, 0.3) is 0 Å². The second-order valence-electron chi connectivity index (χ2n) is 6.03. The van der Waals surface area contributed by atoms with Crippen LogP contribution in [0, 0.1) is 0 Å². The summed E-state index contributed by atoms with van der Waals surface area (Å²) in [4.78, 5) is 12.6. The quantitative estimate of drug-likeness (QED) is 0.659. The summed E-state index contributed by atoms with van der Waals surface area (Å²) in [5.74, 6) is -0.0795. The van der Waals surface area contributed by atoms with Crippen molar-refractivity contribution in [3.63, 3.8) is 0 Å². The van der Waals surface area contributed by atoms with E-state index in [2.05, 4.69) is 0 Å². The predicted octanol–water partition coefficient (Wildman–Crippen LogP) is 4.94. The number of rotatable bonds is 8. The van der Waals surface area contributed by atoms with E-state index in [1.807, 2.05) is 43.1 Å². The molecule has 0 aliphatic rings. The number of halogens is 3. The van der Waals surface area contributed by atoms with Gasteiger partial charge in [-0.15, -0.1) is 12.4 Å². The number of carboxylic acids is 1. The van der Waals surface area contributed by atoms with E-state index in [4.69, 9.17) is 33.0 Å². The second kappa shape index (κ2) is 10.6. The molecule has 0 heterocycles. The van der Waals surface area contributed by atoms with E-state index in [1.165, 1.54) is 0 Å². The normalized spacial score (nSPS) is 11.7. The third kappa shape index (κ3) is 7.04. The Bertz CT molecular complexity index is 722. The van der Waals surface area contributed by atoms with E-state index in [1.54, 1.807) is 18.2 Å². The number of ether oxygens (including phenoxy) is 1. The minimum atomic E-state index is -0.822. The molecule has 26 heavy (non-hydrogen) atoms. The number of hydrogen-bond acceptors (Lipinski definition) is 3. The first-order chi connectivity index (χ1) is 11.8. The van der Waals surface area contributed by atoms with Gasteiger partial charge in [-0.3, -0.25) is 9.69 Å². The highest BCUT2D eigenvalue weighted by Crippen LogP contribution is 2.23. The maximum absolute atomic E-state index is 10.8. The minimum Gasteiger partial charge on any atom is -0.489 e.